The van der Waals surface area contributed by atoms with Crippen molar-refractivity contribution in [3.63, 3.8) is 0 Å². The van der Waals surface area contributed by atoms with E-state index in [1.807, 2.05) is 30.3 Å². The van der Waals surface area contributed by atoms with Crippen LogP contribution in [0.1, 0.15) is 27.8 Å². The molecule has 0 fully saturated rings. The number of esters is 1. The van der Waals surface area contributed by atoms with Crippen LogP contribution in [0.2, 0.25) is 0 Å². The van der Waals surface area contributed by atoms with Gasteiger partial charge in [-0.05, 0) is 11.6 Å². The summed E-state index contributed by atoms with van der Waals surface area (Å²) in [6.45, 7) is 0. The van der Waals surface area contributed by atoms with Crippen LogP contribution in [0.4, 0.5) is 0 Å². The molecule has 2 rings (SSSR count). The van der Waals surface area contributed by atoms with Crippen molar-refractivity contribution in [2.24, 2.45) is 0 Å². The molecule has 1 aromatic carbocycles. The zero-order valence-corrected chi connectivity index (χ0v) is 11.9. The molecule has 0 aliphatic rings. The van der Waals surface area contributed by atoms with E-state index in [1.165, 1.54) is 25.1 Å². The number of furan rings is 1. The Balaban J connectivity index is 1.87. The van der Waals surface area contributed by atoms with Crippen LogP contribution in [-0.2, 0) is 10.5 Å². The van der Waals surface area contributed by atoms with Gasteiger partial charge in [0.15, 0.2) is 0 Å². The van der Waals surface area contributed by atoms with Gasteiger partial charge in [-0.25, -0.2) is 4.79 Å². The van der Waals surface area contributed by atoms with Crippen molar-refractivity contribution in [2.45, 2.75) is 11.9 Å². The zero-order valence-electron chi connectivity index (χ0n) is 11.1. The van der Waals surface area contributed by atoms with Crippen molar-refractivity contribution in [3.8, 4) is 0 Å². The van der Waals surface area contributed by atoms with Crippen molar-refractivity contribution in [3.05, 3.63) is 59.5 Å². The van der Waals surface area contributed by atoms with Gasteiger partial charge in [-0.2, -0.15) is 11.8 Å². The quantitative estimate of drug-likeness (QED) is 0.829. The fourth-order valence-electron chi connectivity index (χ4n) is 1.77. The van der Waals surface area contributed by atoms with E-state index in [1.54, 1.807) is 6.07 Å². The Labute approximate surface area is 121 Å². The monoisotopic (exact) mass is 292 g/mol. The lowest BCUT2D eigenvalue weighted by molar-refractivity contribution is 0.0564. The predicted molar refractivity (Wildman–Crippen MR) is 77.6 cm³/mol. The fourth-order valence-corrected chi connectivity index (χ4v) is 2.75. The van der Waals surface area contributed by atoms with E-state index in [0.29, 0.717) is 11.5 Å². The molecular formula is C15H16O4S. The summed E-state index contributed by atoms with van der Waals surface area (Å²) in [6.07, 6.45) is 0.949. The highest BCUT2D eigenvalue weighted by atomic mass is 32.2. The van der Waals surface area contributed by atoms with Crippen LogP contribution in [0.15, 0.2) is 47.1 Å². The predicted octanol–water partition coefficient (Wildman–Crippen LogP) is 3.03. The van der Waals surface area contributed by atoms with E-state index in [9.17, 15) is 9.90 Å². The summed E-state index contributed by atoms with van der Waals surface area (Å²) in [7, 11) is 1.32. The molecule has 0 aliphatic carbocycles. The maximum Gasteiger partial charge on any atom is 0.374 e. The van der Waals surface area contributed by atoms with Gasteiger partial charge in [0.1, 0.15) is 0 Å². The first-order valence-corrected chi connectivity index (χ1v) is 7.33. The number of methoxy groups -OCH3 is 1. The van der Waals surface area contributed by atoms with Crippen LogP contribution >= 0.6 is 11.8 Å². The molecule has 0 saturated carbocycles. The summed E-state index contributed by atoms with van der Waals surface area (Å²) in [6, 6.07) is 11.2. The number of carbonyl (C=O) groups is 1. The minimum Gasteiger partial charge on any atom is -0.463 e. The van der Waals surface area contributed by atoms with Gasteiger partial charge in [0.25, 0.3) is 0 Å². The number of ether oxygens (including phenoxy) is 1. The number of carbonyl (C=O) groups excluding carboxylic acids is 1. The molecule has 4 nitrogen and oxygen atoms in total. The van der Waals surface area contributed by atoms with Gasteiger partial charge in [0.2, 0.25) is 5.76 Å². The van der Waals surface area contributed by atoms with E-state index >= 15 is 0 Å². The Morgan fingerprint density at radius 1 is 1.35 bits per heavy atom. The van der Waals surface area contributed by atoms with E-state index in [-0.39, 0.29) is 5.76 Å². The Kier molecular flexibility index (Phi) is 5.26. The van der Waals surface area contributed by atoms with Crippen LogP contribution in [0.3, 0.4) is 0 Å². The van der Waals surface area contributed by atoms with Crippen molar-refractivity contribution in [1.29, 1.82) is 0 Å². The lowest BCUT2D eigenvalue weighted by Gasteiger charge is -2.10. The summed E-state index contributed by atoms with van der Waals surface area (Å²) in [5, 5.41) is 10.0. The molecule has 5 heteroatoms. The van der Waals surface area contributed by atoms with Crippen LogP contribution < -0.4 is 0 Å². The van der Waals surface area contributed by atoms with Crippen molar-refractivity contribution < 1.29 is 19.1 Å². The standard InChI is InChI=1S/C15H16O4S/c1-18-15(17)14-12(7-8-19-14)9-20-10-13(16)11-5-3-2-4-6-11/h2-8,13,16H,9-10H2,1H3. The third-order valence-corrected chi connectivity index (χ3v) is 3.90. The maximum atomic E-state index is 11.4. The summed E-state index contributed by atoms with van der Waals surface area (Å²) in [4.78, 5) is 11.4. The lowest BCUT2D eigenvalue weighted by Crippen LogP contribution is -2.04. The number of rotatable bonds is 6. The number of benzene rings is 1. The molecule has 1 atom stereocenters. The second-order valence-corrected chi connectivity index (χ2v) is 5.24. The Bertz CT molecular complexity index is 550. The molecule has 0 radical (unpaired) electrons. The summed E-state index contributed by atoms with van der Waals surface area (Å²) >= 11 is 1.54. The van der Waals surface area contributed by atoms with Crippen molar-refractivity contribution >= 4 is 17.7 Å². The molecule has 1 aromatic heterocycles. The molecule has 2 aromatic rings. The Morgan fingerprint density at radius 3 is 2.80 bits per heavy atom. The topological polar surface area (TPSA) is 59.7 Å². The van der Waals surface area contributed by atoms with E-state index in [2.05, 4.69) is 4.74 Å². The summed E-state index contributed by atoms with van der Waals surface area (Å²) < 4.78 is 9.75. The molecule has 0 aliphatic heterocycles. The van der Waals surface area contributed by atoms with Crippen LogP contribution in [0.5, 0.6) is 0 Å². The lowest BCUT2D eigenvalue weighted by atomic mass is 10.1. The highest BCUT2D eigenvalue weighted by Gasteiger charge is 2.16. The smallest absolute Gasteiger partial charge is 0.374 e. The van der Waals surface area contributed by atoms with Gasteiger partial charge in [-0.3, -0.25) is 0 Å². The molecule has 1 unspecified atom stereocenters. The molecule has 20 heavy (non-hydrogen) atoms. The Hall–Kier alpha value is -1.72. The van der Waals surface area contributed by atoms with E-state index in [4.69, 9.17) is 4.42 Å². The molecule has 0 saturated heterocycles. The molecular weight excluding hydrogens is 276 g/mol. The number of thioether (sulfide) groups is 1. The summed E-state index contributed by atoms with van der Waals surface area (Å²) in [5.74, 6) is 0.893. The normalized spacial score (nSPS) is 12.1. The van der Waals surface area contributed by atoms with Gasteiger partial charge in [-0.15, -0.1) is 0 Å². The van der Waals surface area contributed by atoms with Crippen LogP contribution in [0, 0.1) is 0 Å². The van der Waals surface area contributed by atoms with Crippen LogP contribution in [-0.4, -0.2) is 23.9 Å². The molecule has 0 spiro atoms. The SMILES string of the molecule is COC(=O)c1occc1CSCC(O)c1ccccc1. The Morgan fingerprint density at radius 2 is 2.10 bits per heavy atom. The molecule has 106 valence electrons. The number of hydrogen-bond acceptors (Lipinski definition) is 5. The molecule has 1 N–H and O–H groups in total. The average molecular weight is 292 g/mol. The van der Waals surface area contributed by atoms with E-state index in [0.717, 1.165) is 11.1 Å². The zero-order chi connectivity index (χ0) is 14.4. The number of aliphatic hydroxyl groups is 1. The molecule has 1 heterocycles. The summed E-state index contributed by atoms with van der Waals surface area (Å²) in [5.41, 5.74) is 1.67. The van der Waals surface area contributed by atoms with Gasteiger partial charge >= 0.3 is 5.97 Å². The third-order valence-electron chi connectivity index (χ3n) is 2.84. The minimum atomic E-state index is -0.519. The van der Waals surface area contributed by atoms with Gasteiger partial charge in [0, 0.05) is 17.1 Å². The molecule has 0 amide bonds. The highest BCUT2D eigenvalue weighted by Crippen LogP contribution is 2.23. The second kappa shape index (κ2) is 7.17. The van der Waals surface area contributed by atoms with Gasteiger partial charge < -0.3 is 14.3 Å². The van der Waals surface area contributed by atoms with Gasteiger partial charge in [0.05, 0.1) is 19.5 Å². The van der Waals surface area contributed by atoms with Crippen molar-refractivity contribution in [1.82, 2.24) is 0 Å². The van der Waals surface area contributed by atoms with Crippen molar-refractivity contribution in [2.75, 3.05) is 12.9 Å². The first-order chi connectivity index (χ1) is 9.72. The number of hydrogen-bond donors (Lipinski definition) is 1. The first-order valence-electron chi connectivity index (χ1n) is 6.18. The van der Waals surface area contributed by atoms with Gasteiger partial charge in [-0.1, -0.05) is 30.3 Å². The first kappa shape index (κ1) is 14.7. The largest absolute Gasteiger partial charge is 0.463 e. The van der Waals surface area contributed by atoms with Crippen LogP contribution in [0.25, 0.3) is 0 Å². The van der Waals surface area contributed by atoms with E-state index < -0.39 is 12.1 Å². The average Bonchev–Trinajstić information content (AvgIpc) is 2.95. The fraction of sp³-hybridized carbons (Fsp3) is 0.267. The third kappa shape index (κ3) is 3.65. The molecule has 0 bridgehead atoms. The second-order valence-electron chi connectivity index (χ2n) is 4.21. The minimum absolute atomic E-state index is 0.231. The highest BCUT2D eigenvalue weighted by molar-refractivity contribution is 7.98. The number of aliphatic hydroxyl groups excluding tert-OH is 1. The maximum absolute atomic E-state index is 11.4.